The number of carbonyl (C=O) groups is 1. The number of para-hydroxylation sites is 1. The summed E-state index contributed by atoms with van der Waals surface area (Å²) in [5.41, 5.74) is 6.68. The first-order chi connectivity index (χ1) is 8.52. The zero-order valence-electron chi connectivity index (χ0n) is 11.3. The van der Waals surface area contributed by atoms with Crippen LogP contribution < -0.4 is 15.8 Å². The molecule has 0 aliphatic carbocycles. The lowest BCUT2D eigenvalue weighted by Gasteiger charge is -2.16. The topological polar surface area (TPSA) is 64.3 Å². The van der Waals surface area contributed by atoms with Crippen LogP contribution in [0.2, 0.25) is 0 Å². The van der Waals surface area contributed by atoms with Gasteiger partial charge in [-0.05, 0) is 31.9 Å². The molecule has 3 N–H and O–H groups in total. The number of carbonyl (C=O) groups excluding carboxylic acids is 1. The smallest absolute Gasteiger partial charge is 0.221 e. The second kappa shape index (κ2) is 7.01. The van der Waals surface area contributed by atoms with Crippen molar-refractivity contribution in [1.82, 2.24) is 5.32 Å². The molecule has 4 nitrogen and oxygen atoms in total. The molecule has 0 saturated heterocycles. The molecule has 0 fully saturated rings. The van der Waals surface area contributed by atoms with Gasteiger partial charge in [0.25, 0.3) is 0 Å². The molecule has 1 amide bonds. The molecule has 1 aromatic rings. The lowest BCUT2D eigenvalue weighted by atomic mass is 10.1. The standard InChI is InChI=1S/C14H22N2O2/c1-10(15)8-14(17)16-11(2)9-12-6-4-5-7-13(12)18-3/h4-7,10-11H,8-9,15H2,1-3H3,(H,16,17). The van der Waals surface area contributed by atoms with Gasteiger partial charge in [-0.25, -0.2) is 0 Å². The number of methoxy groups -OCH3 is 1. The molecule has 1 rings (SSSR count). The highest BCUT2D eigenvalue weighted by Gasteiger charge is 2.11. The molecule has 2 atom stereocenters. The highest BCUT2D eigenvalue weighted by Crippen LogP contribution is 2.18. The number of hydrogen-bond donors (Lipinski definition) is 2. The first-order valence-electron chi connectivity index (χ1n) is 6.19. The van der Waals surface area contributed by atoms with Gasteiger partial charge < -0.3 is 15.8 Å². The molecule has 0 saturated carbocycles. The number of rotatable bonds is 6. The van der Waals surface area contributed by atoms with E-state index < -0.39 is 0 Å². The van der Waals surface area contributed by atoms with Crippen LogP contribution in [-0.4, -0.2) is 25.1 Å². The van der Waals surface area contributed by atoms with Gasteiger partial charge in [-0.3, -0.25) is 4.79 Å². The van der Waals surface area contributed by atoms with E-state index >= 15 is 0 Å². The molecule has 0 heterocycles. The van der Waals surface area contributed by atoms with Crippen molar-refractivity contribution in [3.63, 3.8) is 0 Å². The van der Waals surface area contributed by atoms with Crippen LogP contribution in [0.25, 0.3) is 0 Å². The highest BCUT2D eigenvalue weighted by molar-refractivity contribution is 5.76. The SMILES string of the molecule is COc1ccccc1CC(C)NC(=O)CC(C)N. The first kappa shape index (κ1) is 14.5. The predicted octanol–water partition coefficient (Wildman–Crippen LogP) is 1.48. The Morgan fingerprint density at radius 3 is 2.67 bits per heavy atom. The summed E-state index contributed by atoms with van der Waals surface area (Å²) in [6.07, 6.45) is 1.10. The van der Waals surface area contributed by atoms with E-state index in [0.29, 0.717) is 6.42 Å². The van der Waals surface area contributed by atoms with Gasteiger partial charge in [0.15, 0.2) is 0 Å². The Morgan fingerprint density at radius 1 is 1.39 bits per heavy atom. The number of nitrogens with one attached hydrogen (secondary N) is 1. The van der Waals surface area contributed by atoms with E-state index in [-0.39, 0.29) is 18.0 Å². The third-order valence-corrected chi connectivity index (χ3v) is 2.63. The molecule has 4 heteroatoms. The Kier molecular flexibility index (Phi) is 5.65. The lowest BCUT2D eigenvalue weighted by Crippen LogP contribution is -2.37. The third-order valence-electron chi connectivity index (χ3n) is 2.63. The van der Waals surface area contributed by atoms with E-state index in [1.807, 2.05) is 38.1 Å². The lowest BCUT2D eigenvalue weighted by molar-refractivity contribution is -0.121. The maximum atomic E-state index is 11.6. The number of benzene rings is 1. The fourth-order valence-corrected chi connectivity index (χ4v) is 1.88. The monoisotopic (exact) mass is 250 g/mol. The number of hydrogen-bond acceptors (Lipinski definition) is 3. The molecular formula is C14H22N2O2. The summed E-state index contributed by atoms with van der Waals surface area (Å²) < 4.78 is 5.28. The average Bonchev–Trinajstić information content (AvgIpc) is 2.28. The molecule has 0 bridgehead atoms. The molecule has 0 aliphatic heterocycles. The minimum Gasteiger partial charge on any atom is -0.496 e. The Balaban J connectivity index is 2.54. The van der Waals surface area contributed by atoms with Crippen LogP contribution >= 0.6 is 0 Å². The summed E-state index contributed by atoms with van der Waals surface area (Å²) in [4.78, 5) is 11.6. The number of amides is 1. The molecule has 1 aromatic carbocycles. The van der Waals surface area contributed by atoms with Crippen LogP contribution in [0.4, 0.5) is 0 Å². The van der Waals surface area contributed by atoms with Gasteiger partial charge in [0.05, 0.1) is 7.11 Å². The van der Waals surface area contributed by atoms with Crippen molar-refractivity contribution in [2.45, 2.75) is 38.8 Å². The van der Waals surface area contributed by atoms with Crippen molar-refractivity contribution in [3.05, 3.63) is 29.8 Å². The summed E-state index contributed by atoms with van der Waals surface area (Å²) in [5.74, 6) is 0.846. The van der Waals surface area contributed by atoms with Crippen molar-refractivity contribution in [3.8, 4) is 5.75 Å². The van der Waals surface area contributed by atoms with Crippen molar-refractivity contribution < 1.29 is 9.53 Å². The van der Waals surface area contributed by atoms with Gasteiger partial charge in [0.1, 0.15) is 5.75 Å². The van der Waals surface area contributed by atoms with Crippen LogP contribution in [0.15, 0.2) is 24.3 Å². The van der Waals surface area contributed by atoms with Gasteiger partial charge in [-0.2, -0.15) is 0 Å². The fourth-order valence-electron chi connectivity index (χ4n) is 1.88. The first-order valence-corrected chi connectivity index (χ1v) is 6.19. The molecule has 100 valence electrons. The van der Waals surface area contributed by atoms with Gasteiger partial charge in [0, 0.05) is 18.5 Å². The van der Waals surface area contributed by atoms with E-state index in [9.17, 15) is 4.79 Å². The minimum absolute atomic E-state index is 0.00704. The molecule has 0 spiro atoms. The van der Waals surface area contributed by atoms with Gasteiger partial charge in [0.2, 0.25) is 5.91 Å². The Bertz CT molecular complexity index is 391. The Morgan fingerprint density at radius 2 is 2.06 bits per heavy atom. The second-order valence-electron chi connectivity index (χ2n) is 4.67. The van der Waals surface area contributed by atoms with Crippen LogP contribution in [0.5, 0.6) is 5.75 Å². The van der Waals surface area contributed by atoms with Crippen LogP contribution in [0.3, 0.4) is 0 Å². The van der Waals surface area contributed by atoms with Crippen molar-refractivity contribution in [1.29, 1.82) is 0 Å². The molecule has 0 aromatic heterocycles. The van der Waals surface area contributed by atoms with Crippen LogP contribution in [0, 0.1) is 0 Å². The highest BCUT2D eigenvalue weighted by atomic mass is 16.5. The zero-order chi connectivity index (χ0) is 13.5. The maximum absolute atomic E-state index is 11.6. The molecular weight excluding hydrogens is 228 g/mol. The molecule has 18 heavy (non-hydrogen) atoms. The van der Waals surface area contributed by atoms with Crippen molar-refractivity contribution >= 4 is 5.91 Å². The zero-order valence-corrected chi connectivity index (χ0v) is 11.3. The summed E-state index contributed by atoms with van der Waals surface area (Å²) in [7, 11) is 1.65. The molecule has 0 aliphatic rings. The van der Waals surface area contributed by atoms with Gasteiger partial charge in [-0.1, -0.05) is 18.2 Å². The van der Waals surface area contributed by atoms with E-state index in [1.165, 1.54) is 0 Å². The van der Waals surface area contributed by atoms with Crippen LogP contribution in [-0.2, 0) is 11.2 Å². The van der Waals surface area contributed by atoms with E-state index in [2.05, 4.69) is 5.32 Å². The van der Waals surface area contributed by atoms with E-state index in [0.717, 1.165) is 17.7 Å². The van der Waals surface area contributed by atoms with E-state index in [4.69, 9.17) is 10.5 Å². The predicted molar refractivity (Wildman–Crippen MR) is 72.6 cm³/mol. The summed E-state index contributed by atoms with van der Waals surface area (Å²) in [6.45, 7) is 3.80. The normalized spacial score (nSPS) is 13.8. The number of ether oxygens (including phenoxy) is 1. The van der Waals surface area contributed by atoms with Gasteiger partial charge >= 0.3 is 0 Å². The van der Waals surface area contributed by atoms with Crippen molar-refractivity contribution in [2.24, 2.45) is 5.73 Å². The number of nitrogens with two attached hydrogens (primary N) is 1. The van der Waals surface area contributed by atoms with E-state index in [1.54, 1.807) is 7.11 Å². The summed E-state index contributed by atoms with van der Waals surface area (Å²) in [5, 5.41) is 2.94. The fraction of sp³-hybridized carbons (Fsp3) is 0.500. The second-order valence-corrected chi connectivity index (χ2v) is 4.67. The quantitative estimate of drug-likeness (QED) is 0.803. The summed E-state index contributed by atoms with van der Waals surface area (Å²) in [6, 6.07) is 7.78. The molecule has 0 radical (unpaired) electrons. The largest absolute Gasteiger partial charge is 0.496 e. The Hall–Kier alpha value is -1.55. The average molecular weight is 250 g/mol. The van der Waals surface area contributed by atoms with Crippen LogP contribution in [0.1, 0.15) is 25.8 Å². The molecule has 2 unspecified atom stereocenters. The third kappa shape index (κ3) is 4.75. The summed E-state index contributed by atoms with van der Waals surface area (Å²) >= 11 is 0. The Labute approximate surface area is 109 Å². The maximum Gasteiger partial charge on any atom is 0.221 e. The minimum atomic E-state index is -0.108. The van der Waals surface area contributed by atoms with Gasteiger partial charge in [-0.15, -0.1) is 0 Å². The van der Waals surface area contributed by atoms with Crippen molar-refractivity contribution in [2.75, 3.05) is 7.11 Å².